The van der Waals surface area contributed by atoms with Crippen LogP contribution in [0.3, 0.4) is 0 Å². The second kappa shape index (κ2) is 9.64. The highest BCUT2D eigenvalue weighted by molar-refractivity contribution is 7.22. The molecular weight excluding hydrogens is 500 g/mol. The summed E-state index contributed by atoms with van der Waals surface area (Å²) in [5.74, 6) is -1.38. The van der Waals surface area contributed by atoms with Gasteiger partial charge in [-0.15, -0.1) is 0 Å². The van der Waals surface area contributed by atoms with E-state index in [4.69, 9.17) is 16.3 Å². The van der Waals surface area contributed by atoms with Crippen molar-refractivity contribution >= 4 is 55.7 Å². The number of aromatic hydroxyl groups is 1. The molecular formula is C27H21ClN2O5S. The highest BCUT2D eigenvalue weighted by Crippen LogP contribution is 2.44. The third-order valence-corrected chi connectivity index (χ3v) is 7.03. The molecule has 0 spiro atoms. The molecule has 3 aromatic carbocycles. The molecule has 1 amide bonds. The number of benzene rings is 3. The van der Waals surface area contributed by atoms with Gasteiger partial charge in [-0.2, -0.15) is 0 Å². The molecule has 0 aliphatic carbocycles. The van der Waals surface area contributed by atoms with Crippen LogP contribution in [0.15, 0.2) is 72.3 Å². The number of aromatic nitrogens is 1. The number of halogens is 1. The summed E-state index contributed by atoms with van der Waals surface area (Å²) in [6.45, 7) is 2.49. The Morgan fingerprint density at radius 2 is 1.89 bits per heavy atom. The molecule has 2 N–H and O–H groups in total. The number of aliphatic hydroxyl groups is 1. The van der Waals surface area contributed by atoms with E-state index in [9.17, 15) is 19.8 Å². The fraction of sp³-hybridized carbons (Fsp3) is 0.148. The van der Waals surface area contributed by atoms with Crippen molar-refractivity contribution in [3.63, 3.8) is 0 Å². The second-order valence-corrected chi connectivity index (χ2v) is 9.69. The summed E-state index contributed by atoms with van der Waals surface area (Å²) in [5, 5.41) is 22.0. The standard InChI is InChI=1S/C27H21ClN2O5S/c1-2-12-35-19-5-3-4-16(13-19)24(32)22-23(15-6-9-18(31)10-7-15)30(26(34)25(22)33)27-29-20-11-8-17(28)14-21(20)36-27/h3-11,13-14,23,31-32H,2,12H2,1H3. The van der Waals surface area contributed by atoms with Crippen molar-refractivity contribution in [1.82, 2.24) is 4.98 Å². The smallest absolute Gasteiger partial charge is 0.301 e. The number of thiazole rings is 1. The van der Waals surface area contributed by atoms with Crippen LogP contribution in [0.25, 0.3) is 16.0 Å². The lowest BCUT2D eigenvalue weighted by Gasteiger charge is -2.23. The minimum absolute atomic E-state index is 0.0334. The molecule has 9 heteroatoms. The van der Waals surface area contributed by atoms with E-state index in [-0.39, 0.29) is 17.1 Å². The van der Waals surface area contributed by atoms with Gasteiger partial charge in [-0.25, -0.2) is 4.98 Å². The van der Waals surface area contributed by atoms with Crippen LogP contribution in [0.4, 0.5) is 5.13 Å². The molecule has 0 bridgehead atoms. The normalized spacial score (nSPS) is 17.2. The van der Waals surface area contributed by atoms with Crippen molar-refractivity contribution in [2.75, 3.05) is 11.5 Å². The number of ether oxygens (including phenoxy) is 1. The third-order valence-electron chi connectivity index (χ3n) is 5.78. The van der Waals surface area contributed by atoms with Crippen molar-refractivity contribution < 1.29 is 24.5 Å². The zero-order chi connectivity index (χ0) is 25.4. The largest absolute Gasteiger partial charge is 0.508 e. The van der Waals surface area contributed by atoms with Gasteiger partial charge in [0, 0.05) is 10.6 Å². The predicted molar refractivity (Wildman–Crippen MR) is 140 cm³/mol. The number of phenols is 1. The van der Waals surface area contributed by atoms with E-state index in [1.807, 2.05) is 6.92 Å². The molecule has 2 heterocycles. The number of amides is 1. The molecule has 36 heavy (non-hydrogen) atoms. The van der Waals surface area contributed by atoms with Gasteiger partial charge in [0.1, 0.15) is 17.3 Å². The predicted octanol–water partition coefficient (Wildman–Crippen LogP) is 6.07. The van der Waals surface area contributed by atoms with Crippen LogP contribution >= 0.6 is 22.9 Å². The molecule has 0 radical (unpaired) electrons. The number of nitrogens with zero attached hydrogens (tertiary/aromatic N) is 2. The summed E-state index contributed by atoms with van der Waals surface area (Å²) in [4.78, 5) is 32.6. The summed E-state index contributed by atoms with van der Waals surface area (Å²) < 4.78 is 6.43. The summed E-state index contributed by atoms with van der Waals surface area (Å²) in [7, 11) is 0. The summed E-state index contributed by atoms with van der Waals surface area (Å²) in [5.41, 5.74) is 1.44. The Balaban J connectivity index is 1.68. The molecule has 1 atom stereocenters. The molecule has 1 fully saturated rings. The number of anilines is 1. The number of fused-ring (bicyclic) bond motifs is 1. The number of ketones is 1. The van der Waals surface area contributed by atoms with Crippen LogP contribution in [-0.4, -0.2) is 33.5 Å². The van der Waals surface area contributed by atoms with Crippen LogP contribution in [-0.2, 0) is 9.59 Å². The molecule has 1 aromatic heterocycles. The maximum atomic E-state index is 13.4. The Kier molecular flexibility index (Phi) is 6.38. The second-order valence-electron chi connectivity index (χ2n) is 8.25. The molecule has 1 saturated heterocycles. The highest BCUT2D eigenvalue weighted by Gasteiger charge is 2.48. The molecule has 1 aliphatic rings. The number of rotatable bonds is 6. The first kappa shape index (κ1) is 23.8. The number of aliphatic hydroxyl groups excluding tert-OH is 1. The fourth-order valence-corrected chi connectivity index (χ4v) is 5.37. The van der Waals surface area contributed by atoms with Gasteiger partial charge in [0.15, 0.2) is 5.13 Å². The minimum atomic E-state index is -0.957. The van der Waals surface area contributed by atoms with E-state index in [2.05, 4.69) is 4.98 Å². The van der Waals surface area contributed by atoms with Crippen LogP contribution in [0, 0.1) is 0 Å². The van der Waals surface area contributed by atoms with Gasteiger partial charge >= 0.3 is 5.91 Å². The van der Waals surface area contributed by atoms with Crippen molar-refractivity contribution in [2.45, 2.75) is 19.4 Å². The maximum absolute atomic E-state index is 13.4. The van der Waals surface area contributed by atoms with E-state index < -0.39 is 17.7 Å². The Morgan fingerprint density at radius 3 is 2.64 bits per heavy atom. The number of carbonyl (C=O) groups is 2. The summed E-state index contributed by atoms with van der Waals surface area (Å²) in [6, 6.07) is 17.1. The van der Waals surface area contributed by atoms with Crippen LogP contribution < -0.4 is 9.64 Å². The Labute approximate surface area is 215 Å². The molecule has 4 aromatic rings. The molecule has 1 unspecified atom stereocenters. The van der Waals surface area contributed by atoms with E-state index >= 15 is 0 Å². The van der Waals surface area contributed by atoms with Gasteiger partial charge in [0.05, 0.1) is 28.4 Å². The number of carbonyl (C=O) groups excluding carboxylic acids is 2. The van der Waals surface area contributed by atoms with Gasteiger partial charge in [-0.3, -0.25) is 14.5 Å². The Bertz CT molecular complexity index is 1510. The van der Waals surface area contributed by atoms with Gasteiger partial charge in [0.25, 0.3) is 5.78 Å². The van der Waals surface area contributed by atoms with E-state index in [0.717, 1.165) is 11.1 Å². The molecule has 0 saturated carbocycles. The average molecular weight is 521 g/mol. The molecule has 5 rings (SSSR count). The third kappa shape index (κ3) is 4.29. The van der Waals surface area contributed by atoms with Gasteiger partial charge in [-0.05, 0) is 54.4 Å². The first-order valence-electron chi connectivity index (χ1n) is 11.3. The number of hydrogen-bond donors (Lipinski definition) is 2. The number of hydrogen-bond acceptors (Lipinski definition) is 7. The van der Waals surface area contributed by atoms with Gasteiger partial charge in [0.2, 0.25) is 0 Å². The maximum Gasteiger partial charge on any atom is 0.301 e. The van der Waals surface area contributed by atoms with Crippen LogP contribution in [0.5, 0.6) is 11.5 Å². The van der Waals surface area contributed by atoms with E-state index in [1.54, 1.807) is 54.6 Å². The lowest BCUT2D eigenvalue weighted by molar-refractivity contribution is -0.132. The zero-order valence-corrected chi connectivity index (χ0v) is 20.7. The Morgan fingerprint density at radius 1 is 1.11 bits per heavy atom. The monoisotopic (exact) mass is 520 g/mol. The van der Waals surface area contributed by atoms with Crippen molar-refractivity contribution in [1.29, 1.82) is 0 Å². The highest BCUT2D eigenvalue weighted by atomic mass is 35.5. The quantitative estimate of drug-likeness (QED) is 0.182. The van der Waals surface area contributed by atoms with E-state index in [1.165, 1.54) is 28.4 Å². The van der Waals surface area contributed by atoms with Crippen LogP contribution in [0.2, 0.25) is 5.02 Å². The van der Waals surface area contributed by atoms with Crippen molar-refractivity contribution in [2.24, 2.45) is 0 Å². The fourth-order valence-electron chi connectivity index (χ4n) is 4.10. The Hall–Kier alpha value is -3.88. The first-order chi connectivity index (χ1) is 17.4. The number of phenolic OH excluding ortho intramolecular Hbond substituents is 1. The molecule has 182 valence electrons. The lowest BCUT2D eigenvalue weighted by Crippen LogP contribution is -2.29. The van der Waals surface area contributed by atoms with Crippen molar-refractivity contribution in [3.05, 3.63) is 88.5 Å². The average Bonchev–Trinajstić information content (AvgIpc) is 3.40. The molecule has 1 aliphatic heterocycles. The van der Waals surface area contributed by atoms with Gasteiger partial charge < -0.3 is 14.9 Å². The van der Waals surface area contributed by atoms with Crippen molar-refractivity contribution in [3.8, 4) is 11.5 Å². The SMILES string of the molecule is CCCOc1cccc(C(O)=C2C(=O)C(=O)N(c3nc4ccc(Cl)cc4s3)C2c2ccc(O)cc2)c1. The minimum Gasteiger partial charge on any atom is -0.508 e. The zero-order valence-electron chi connectivity index (χ0n) is 19.1. The van der Waals surface area contributed by atoms with Gasteiger partial charge in [-0.1, -0.05) is 54.1 Å². The molecule has 7 nitrogen and oxygen atoms in total. The lowest BCUT2D eigenvalue weighted by atomic mass is 9.95. The number of Topliss-reactive ketones (excluding diaryl/α,β-unsaturated/α-hetero) is 1. The van der Waals surface area contributed by atoms with Crippen LogP contribution in [0.1, 0.15) is 30.5 Å². The van der Waals surface area contributed by atoms with E-state index in [0.29, 0.717) is 39.2 Å². The summed E-state index contributed by atoms with van der Waals surface area (Å²) in [6.07, 6.45) is 0.815. The first-order valence-corrected chi connectivity index (χ1v) is 12.5. The topological polar surface area (TPSA) is 100.0 Å². The summed E-state index contributed by atoms with van der Waals surface area (Å²) >= 11 is 7.35.